The summed E-state index contributed by atoms with van der Waals surface area (Å²) in [5.41, 5.74) is 0.995. The molecule has 0 bridgehead atoms. The second-order valence-electron chi connectivity index (χ2n) is 2.58. The fourth-order valence-electron chi connectivity index (χ4n) is 1.04. The van der Waals surface area contributed by atoms with E-state index in [9.17, 15) is 0 Å². The maximum atomic E-state index is 5.77. The van der Waals surface area contributed by atoms with Crippen LogP contribution < -0.4 is 0 Å². The fraction of sp³-hybridized carbons (Fsp3) is 0. The van der Waals surface area contributed by atoms with Crippen molar-refractivity contribution in [3.8, 4) is 5.69 Å². The molecule has 2 rings (SSSR count). The van der Waals surface area contributed by atoms with E-state index in [0.717, 1.165) is 15.2 Å². The molecule has 0 aliphatic heterocycles. The van der Waals surface area contributed by atoms with Gasteiger partial charge in [0.25, 0.3) is 0 Å². The molecule has 0 radical (unpaired) electrons. The van der Waals surface area contributed by atoms with Crippen LogP contribution in [0.25, 0.3) is 5.69 Å². The van der Waals surface area contributed by atoms with Crippen molar-refractivity contribution >= 4 is 27.5 Å². The van der Waals surface area contributed by atoms with E-state index < -0.39 is 0 Å². The number of benzene rings is 1. The highest BCUT2D eigenvalue weighted by atomic mass is 79.9. The minimum Gasteiger partial charge on any atom is -0.240 e. The number of halogens is 2. The first-order valence-electron chi connectivity index (χ1n) is 3.72. The van der Waals surface area contributed by atoms with Crippen LogP contribution in [0.5, 0.6) is 0 Å². The summed E-state index contributed by atoms with van der Waals surface area (Å²) in [5.74, 6) is 0. The molecule has 0 fully saturated rings. The van der Waals surface area contributed by atoms with E-state index in [-0.39, 0.29) is 0 Å². The van der Waals surface area contributed by atoms with Gasteiger partial charge in [0.15, 0.2) is 0 Å². The van der Waals surface area contributed by atoms with Crippen molar-refractivity contribution in [3.05, 3.63) is 46.2 Å². The lowest BCUT2D eigenvalue weighted by Gasteiger charge is -1.99. The molecule has 0 N–H and O–H groups in total. The monoisotopic (exact) mass is 256 g/mol. The van der Waals surface area contributed by atoms with Gasteiger partial charge in [0.2, 0.25) is 0 Å². The lowest BCUT2D eigenvalue weighted by molar-refractivity contribution is 0.880. The molecule has 0 unspecified atom stereocenters. The summed E-state index contributed by atoms with van der Waals surface area (Å²) in [6.45, 7) is 0. The Balaban J connectivity index is 2.41. The number of hydrogen-bond acceptors (Lipinski definition) is 1. The quantitative estimate of drug-likeness (QED) is 0.766. The van der Waals surface area contributed by atoms with Gasteiger partial charge < -0.3 is 0 Å². The standard InChI is InChI=1S/C9H6BrClN2/c10-7-5-12-13(6-7)9-3-1-8(11)2-4-9/h1-6H. The van der Waals surface area contributed by atoms with Crippen LogP contribution in [-0.2, 0) is 0 Å². The summed E-state index contributed by atoms with van der Waals surface area (Å²) < 4.78 is 2.74. The SMILES string of the molecule is Clc1ccc(-n2cc(Br)cn2)cc1. The highest BCUT2D eigenvalue weighted by molar-refractivity contribution is 9.10. The van der Waals surface area contributed by atoms with Gasteiger partial charge in [-0.3, -0.25) is 0 Å². The van der Waals surface area contributed by atoms with Crippen LogP contribution in [0, 0.1) is 0 Å². The van der Waals surface area contributed by atoms with Crippen LogP contribution >= 0.6 is 27.5 Å². The Morgan fingerprint density at radius 2 is 1.92 bits per heavy atom. The number of nitrogens with zero attached hydrogens (tertiary/aromatic N) is 2. The average Bonchev–Trinajstić information content (AvgIpc) is 2.53. The molecule has 2 aromatic rings. The van der Waals surface area contributed by atoms with Crippen molar-refractivity contribution in [1.29, 1.82) is 0 Å². The second kappa shape index (κ2) is 3.52. The molecular formula is C9H6BrClN2. The molecule has 0 aliphatic carbocycles. The predicted molar refractivity (Wildman–Crippen MR) is 56.3 cm³/mol. The summed E-state index contributed by atoms with van der Waals surface area (Å²) in [5, 5.41) is 4.87. The molecule has 1 aromatic carbocycles. The van der Waals surface area contributed by atoms with E-state index >= 15 is 0 Å². The van der Waals surface area contributed by atoms with Gasteiger partial charge in [-0.05, 0) is 40.2 Å². The zero-order valence-electron chi connectivity index (χ0n) is 6.61. The molecule has 0 amide bonds. The van der Waals surface area contributed by atoms with Crippen LogP contribution in [0.1, 0.15) is 0 Å². The van der Waals surface area contributed by atoms with Gasteiger partial charge >= 0.3 is 0 Å². The van der Waals surface area contributed by atoms with E-state index in [0.29, 0.717) is 0 Å². The molecule has 0 aliphatic rings. The third kappa shape index (κ3) is 1.92. The van der Waals surface area contributed by atoms with Crippen molar-refractivity contribution in [1.82, 2.24) is 9.78 Å². The Bertz CT molecular complexity index is 408. The minimum absolute atomic E-state index is 0.731. The predicted octanol–water partition coefficient (Wildman–Crippen LogP) is 3.29. The Labute approximate surface area is 89.3 Å². The lowest BCUT2D eigenvalue weighted by Crippen LogP contribution is -1.92. The Kier molecular flexibility index (Phi) is 2.38. The lowest BCUT2D eigenvalue weighted by atomic mass is 10.3. The average molecular weight is 258 g/mol. The largest absolute Gasteiger partial charge is 0.240 e. The molecule has 0 saturated heterocycles. The van der Waals surface area contributed by atoms with Gasteiger partial charge in [-0.2, -0.15) is 5.10 Å². The number of aromatic nitrogens is 2. The van der Waals surface area contributed by atoms with E-state index in [4.69, 9.17) is 11.6 Å². The second-order valence-corrected chi connectivity index (χ2v) is 3.93. The summed E-state index contributed by atoms with van der Waals surface area (Å²) in [6.07, 6.45) is 3.64. The molecule has 4 heteroatoms. The van der Waals surface area contributed by atoms with Crippen LogP contribution in [0.4, 0.5) is 0 Å². The summed E-state index contributed by atoms with van der Waals surface area (Å²) in [4.78, 5) is 0. The number of rotatable bonds is 1. The van der Waals surface area contributed by atoms with E-state index in [2.05, 4.69) is 21.0 Å². The third-order valence-corrected chi connectivity index (χ3v) is 2.30. The first-order valence-corrected chi connectivity index (χ1v) is 4.89. The van der Waals surface area contributed by atoms with Gasteiger partial charge in [0.05, 0.1) is 16.4 Å². The molecule has 66 valence electrons. The molecule has 0 atom stereocenters. The van der Waals surface area contributed by atoms with Crippen LogP contribution in [0.15, 0.2) is 41.1 Å². The maximum Gasteiger partial charge on any atom is 0.0647 e. The molecule has 0 saturated carbocycles. The van der Waals surface area contributed by atoms with E-state index in [1.807, 2.05) is 30.5 Å². The molecule has 0 spiro atoms. The molecule has 13 heavy (non-hydrogen) atoms. The summed E-state index contributed by atoms with van der Waals surface area (Å²) >= 11 is 9.10. The first kappa shape index (κ1) is 8.78. The first-order chi connectivity index (χ1) is 6.25. The normalized spacial score (nSPS) is 10.3. The third-order valence-electron chi connectivity index (χ3n) is 1.64. The van der Waals surface area contributed by atoms with E-state index in [1.54, 1.807) is 10.9 Å². The summed E-state index contributed by atoms with van der Waals surface area (Å²) in [6, 6.07) is 7.52. The Morgan fingerprint density at radius 1 is 1.23 bits per heavy atom. The van der Waals surface area contributed by atoms with Gasteiger partial charge in [0, 0.05) is 11.2 Å². The minimum atomic E-state index is 0.731. The molecule has 2 nitrogen and oxygen atoms in total. The van der Waals surface area contributed by atoms with Crippen LogP contribution in [-0.4, -0.2) is 9.78 Å². The topological polar surface area (TPSA) is 17.8 Å². The maximum absolute atomic E-state index is 5.77. The fourth-order valence-corrected chi connectivity index (χ4v) is 1.45. The summed E-state index contributed by atoms with van der Waals surface area (Å²) in [7, 11) is 0. The highest BCUT2D eigenvalue weighted by Crippen LogP contribution is 2.15. The zero-order valence-corrected chi connectivity index (χ0v) is 8.96. The molecule has 1 aromatic heterocycles. The van der Waals surface area contributed by atoms with Gasteiger partial charge in [0.1, 0.15) is 0 Å². The highest BCUT2D eigenvalue weighted by Gasteiger charge is 1.97. The van der Waals surface area contributed by atoms with E-state index in [1.165, 1.54) is 0 Å². The zero-order chi connectivity index (χ0) is 9.26. The Morgan fingerprint density at radius 3 is 2.46 bits per heavy atom. The van der Waals surface area contributed by atoms with Crippen molar-refractivity contribution in [2.24, 2.45) is 0 Å². The molecular weight excluding hydrogens is 251 g/mol. The molecule has 1 heterocycles. The van der Waals surface area contributed by atoms with Gasteiger partial charge in [-0.1, -0.05) is 11.6 Å². The smallest absolute Gasteiger partial charge is 0.0647 e. The Hall–Kier alpha value is -0.800. The van der Waals surface area contributed by atoms with Crippen molar-refractivity contribution in [2.45, 2.75) is 0 Å². The van der Waals surface area contributed by atoms with Crippen molar-refractivity contribution < 1.29 is 0 Å². The van der Waals surface area contributed by atoms with Crippen LogP contribution in [0.2, 0.25) is 5.02 Å². The van der Waals surface area contributed by atoms with Gasteiger partial charge in [-0.25, -0.2) is 4.68 Å². The number of hydrogen-bond donors (Lipinski definition) is 0. The van der Waals surface area contributed by atoms with Crippen molar-refractivity contribution in [2.75, 3.05) is 0 Å². The van der Waals surface area contributed by atoms with Crippen molar-refractivity contribution in [3.63, 3.8) is 0 Å². The van der Waals surface area contributed by atoms with Gasteiger partial charge in [-0.15, -0.1) is 0 Å². The van der Waals surface area contributed by atoms with Crippen LogP contribution in [0.3, 0.4) is 0 Å².